The van der Waals surface area contributed by atoms with E-state index in [0.29, 0.717) is 11.5 Å². The van der Waals surface area contributed by atoms with Crippen molar-refractivity contribution in [3.63, 3.8) is 0 Å². The second-order valence-electron chi connectivity index (χ2n) is 9.05. The lowest BCUT2D eigenvalue weighted by atomic mass is 9.70. The summed E-state index contributed by atoms with van der Waals surface area (Å²) in [5.74, 6) is 0.768. The van der Waals surface area contributed by atoms with Crippen molar-refractivity contribution in [2.24, 2.45) is 0 Å². The Morgan fingerprint density at radius 2 is 1.30 bits per heavy atom. The van der Waals surface area contributed by atoms with Crippen LogP contribution >= 0.6 is 0 Å². The molecule has 0 saturated heterocycles. The fourth-order valence-electron chi connectivity index (χ4n) is 4.71. The van der Waals surface area contributed by atoms with Crippen LogP contribution in [0.5, 0.6) is 11.5 Å². The number of unbranched alkanes of at least 4 members (excludes halogenated alkanes) is 9. The molecule has 0 amide bonds. The van der Waals surface area contributed by atoms with Crippen LogP contribution in [0.2, 0.25) is 0 Å². The molecule has 0 heterocycles. The minimum atomic E-state index is 0.0233. The van der Waals surface area contributed by atoms with Gasteiger partial charge in [-0.1, -0.05) is 90.9 Å². The first kappa shape index (κ1) is 22.1. The number of aryl methyl sites for hydroxylation is 1. The van der Waals surface area contributed by atoms with Gasteiger partial charge in [0.25, 0.3) is 0 Å². The van der Waals surface area contributed by atoms with Crippen LogP contribution in [0, 0.1) is 0 Å². The topological polar surface area (TPSA) is 40.5 Å². The fourth-order valence-corrected chi connectivity index (χ4v) is 4.71. The van der Waals surface area contributed by atoms with E-state index in [1.54, 1.807) is 0 Å². The first-order valence-electron chi connectivity index (χ1n) is 11.6. The van der Waals surface area contributed by atoms with E-state index in [9.17, 15) is 10.2 Å². The zero-order valence-electron chi connectivity index (χ0n) is 17.9. The van der Waals surface area contributed by atoms with Gasteiger partial charge >= 0.3 is 0 Å². The first-order chi connectivity index (χ1) is 13.1. The summed E-state index contributed by atoms with van der Waals surface area (Å²) in [6, 6.07) is 3.69. The molecule has 1 aliphatic carbocycles. The van der Waals surface area contributed by atoms with Crippen molar-refractivity contribution in [1.29, 1.82) is 0 Å². The molecule has 0 aromatic heterocycles. The Labute approximate surface area is 167 Å². The molecule has 0 aliphatic heterocycles. The summed E-state index contributed by atoms with van der Waals surface area (Å²) in [5.41, 5.74) is 1.89. The minimum Gasteiger partial charge on any atom is -0.508 e. The van der Waals surface area contributed by atoms with Crippen molar-refractivity contribution in [2.75, 3.05) is 0 Å². The third kappa shape index (κ3) is 7.05. The van der Waals surface area contributed by atoms with Crippen LogP contribution in [0.3, 0.4) is 0 Å². The maximum atomic E-state index is 10.6. The lowest BCUT2D eigenvalue weighted by Crippen LogP contribution is -2.25. The number of benzene rings is 1. The van der Waals surface area contributed by atoms with Gasteiger partial charge in [0.1, 0.15) is 11.5 Å². The van der Waals surface area contributed by atoms with Crippen LogP contribution in [0.15, 0.2) is 12.1 Å². The molecule has 0 atom stereocenters. The lowest BCUT2D eigenvalue weighted by Gasteiger charge is -2.34. The molecule has 2 heteroatoms. The van der Waals surface area contributed by atoms with Gasteiger partial charge in [0.15, 0.2) is 0 Å². The minimum absolute atomic E-state index is 0.0233. The Balaban J connectivity index is 1.72. The maximum Gasteiger partial charge on any atom is 0.119 e. The molecule has 1 saturated carbocycles. The van der Waals surface area contributed by atoms with Gasteiger partial charge in [0, 0.05) is 5.56 Å². The van der Waals surface area contributed by atoms with Gasteiger partial charge in [-0.3, -0.25) is 0 Å². The van der Waals surface area contributed by atoms with E-state index in [0.717, 1.165) is 36.8 Å². The van der Waals surface area contributed by atoms with Crippen LogP contribution in [0.1, 0.15) is 121 Å². The van der Waals surface area contributed by atoms with Crippen LogP contribution in [0.4, 0.5) is 0 Å². The SMILES string of the molecule is CCCCCCCCCCCCc1cc(O)c(C2(C)CCCCC2)cc1O. The Morgan fingerprint density at radius 1 is 0.741 bits per heavy atom. The highest BCUT2D eigenvalue weighted by Crippen LogP contribution is 2.44. The molecule has 2 nitrogen and oxygen atoms in total. The predicted octanol–water partition coefficient (Wildman–Crippen LogP) is 7.78. The molecular weight excluding hydrogens is 332 g/mol. The molecule has 0 radical (unpaired) electrons. The highest BCUT2D eigenvalue weighted by atomic mass is 16.3. The van der Waals surface area contributed by atoms with Gasteiger partial charge in [0.2, 0.25) is 0 Å². The Kier molecular flexibility index (Phi) is 9.51. The third-order valence-electron chi connectivity index (χ3n) is 6.60. The van der Waals surface area contributed by atoms with E-state index < -0.39 is 0 Å². The van der Waals surface area contributed by atoms with Crippen LogP contribution in [0.25, 0.3) is 0 Å². The number of rotatable bonds is 12. The second kappa shape index (κ2) is 11.6. The quantitative estimate of drug-likeness (QED) is 0.289. The Morgan fingerprint density at radius 3 is 1.89 bits per heavy atom. The summed E-state index contributed by atoms with van der Waals surface area (Å²) in [7, 11) is 0. The number of hydrogen-bond donors (Lipinski definition) is 2. The highest BCUT2D eigenvalue weighted by molar-refractivity contribution is 5.48. The van der Waals surface area contributed by atoms with Gasteiger partial charge < -0.3 is 10.2 Å². The van der Waals surface area contributed by atoms with Crippen molar-refractivity contribution in [1.82, 2.24) is 0 Å². The van der Waals surface area contributed by atoms with Gasteiger partial charge in [-0.25, -0.2) is 0 Å². The van der Waals surface area contributed by atoms with Crippen LogP contribution in [-0.2, 0) is 11.8 Å². The van der Waals surface area contributed by atoms with Crippen molar-refractivity contribution >= 4 is 0 Å². The van der Waals surface area contributed by atoms with Crippen molar-refractivity contribution in [2.45, 2.75) is 122 Å². The van der Waals surface area contributed by atoms with Crippen LogP contribution < -0.4 is 0 Å². The molecule has 1 aromatic rings. The monoisotopic (exact) mass is 374 g/mol. The number of phenols is 2. The molecule has 1 fully saturated rings. The molecule has 154 valence electrons. The van der Waals surface area contributed by atoms with E-state index in [1.807, 2.05) is 12.1 Å². The summed E-state index contributed by atoms with van der Waals surface area (Å²) in [6.07, 6.45) is 20.0. The van der Waals surface area contributed by atoms with E-state index in [-0.39, 0.29) is 5.41 Å². The largest absolute Gasteiger partial charge is 0.508 e. The zero-order chi connectivity index (χ0) is 19.5. The zero-order valence-corrected chi connectivity index (χ0v) is 17.9. The number of phenolic OH excluding ortho intramolecular Hbond substituents is 2. The standard InChI is InChI=1S/C25H42O2/c1-3-4-5-6-7-8-9-10-11-13-16-21-19-24(27)22(20-23(21)26)25(2)17-14-12-15-18-25/h19-20,26-27H,3-18H2,1-2H3. The first-order valence-corrected chi connectivity index (χ1v) is 11.6. The normalized spacial score (nSPS) is 16.5. The van der Waals surface area contributed by atoms with Crippen molar-refractivity contribution < 1.29 is 10.2 Å². The summed E-state index contributed by atoms with van der Waals surface area (Å²) < 4.78 is 0. The molecule has 0 unspecified atom stereocenters. The molecular formula is C25H42O2. The molecule has 0 bridgehead atoms. The van der Waals surface area contributed by atoms with Crippen molar-refractivity contribution in [3.05, 3.63) is 23.3 Å². The highest BCUT2D eigenvalue weighted by Gasteiger charge is 2.31. The Hall–Kier alpha value is -1.18. The van der Waals surface area contributed by atoms with Crippen LogP contribution in [-0.4, -0.2) is 10.2 Å². The molecule has 2 rings (SSSR count). The van der Waals surface area contributed by atoms with Gasteiger partial charge in [-0.05, 0) is 48.8 Å². The molecule has 1 aromatic carbocycles. The number of aromatic hydroxyl groups is 2. The maximum absolute atomic E-state index is 10.6. The number of hydrogen-bond acceptors (Lipinski definition) is 2. The smallest absolute Gasteiger partial charge is 0.119 e. The molecule has 1 aliphatic rings. The fraction of sp³-hybridized carbons (Fsp3) is 0.760. The third-order valence-corrected chi connectivity index (χ3v) is 6.60. The summed E-state index contributed by atoms with van der Waals surface area (Å²) in [6.45, 7) is 4.50. The summed E-state index contributed by atoms with van der Waals surface area (Å²) in [5, 5.41) is 21.1. The van der Waals surface area contributed by atoms with E-state index in [1.165, 1.54) is 77.0 Å². The second-order valence-corrected chi connectivity index (χ2v) is 9.05. The van der Waals surface area contributed by atoms with Gasteiger partial charge in [0.05, 0.1) is 0 Å². The van der Waals surface area contributed by atoms with Gasteiger partial charge in [-0.15, -0.1) is 0 Å². The van der Waals surface area contributed by atoms with E-state index >= 15 is 0 Å². The molecule has 27 heavy (non-hydrogen) atoms. The van der Waals surface area contributed by atoms with Gasteiger partial charge in [-0.2, -0.15) is 0 Å². The molecule has 2 N–H and O–H groups in total. The van der Waals surface area contributed by atoms with E-state index in [4.69, 9.17) is 0 Å². The van der Waals surface area contributed by atoms with E-state index in [2.05, 4.69) is 13.8 Å². The van der Waals surface area contributed by atoms with Crippen molar-refractivity contribution in [3.8, 4) is 11.5 Å². The predicted molar refractivity (Wildman–Crippen MR) is 116 cm³/mol. The summed E-state index contributed by atoms with van der Waals surface area (Å²) >= 11 is 0. The average molecular weight is 375 g/mol. The average Bonchev–Trinajstić information content (AvgIpc) is 2.66. The molecule has 0 spiro atoms. The lowest BCUT2D eigenvalue weighted by molar-refractivity contribution is 0.306. The summed E-state index contributed by atoms with van der Waals surface area (Å²) in [4.78, 5) is 0. The Bertz CT molecular complexity index is 544.